The van der Waals surface area contributed by atoms with Gasteiger partial charge in [-0.1, -0.05) is 54.8 Å². The summed E-state index contributed by atoms with van der Waals surface area (Å²) in [7, 11) is 0. The summed E-state index contributed by atoms with van der Waals surface area (Å²) in [6.07, 6.45) is 4.95. The van der Waals surface area contributed by atoms with Gasteiger partial charge in [-0.2, -0.15) is 0 Å². The Kier molecular flexibility index (Phi) is 3.65. The average molecular weight is 274 g/mol. The van der Waals surface area contributed by atoms with Crippen LogP contribution < -0.4 is 5.32 Å². The molecule has 1 aliphatic carbocycles. The molecule has 0 atom stereocenters. The van der Waals surface area contributed by atoms with Crippen molar-refractivity contribution in [3.8, 4) is 11.3 Å². The highest BCUT2D eigenvalue weighted by atomic mass is 35.5. The molecule has 0 amide bonds. The van der Waals surface area contributed by atoms with Crippen molar-refractivity contribution in [3.05, 3.63) is 41.6 Å². The second-order valence-corrected chi connectivity index (χ2v) is 5.28. The van der Waals surface area contributed by atoms with E-state index in [1.165, 1.54) is 25.7 Å². The van der Waals surface area contributed by atoms with Crippen LogP contribution in [0.3, 0.4) is 0 Å². The van der Waals surface area contributed by atoms with Gasteiger partial charge in [0.15, 0.2) is 0 Å². The third-order valence-electron chi connectivity index (χ3n) is 3.45. The van der Waals surface area contributed by atoms with Crippen LogP contribution in [-0.4, -0.2) is 16.0 Å². The van der Waals surface area contributed by atoms with Gasteiger partial charge < -0.3 is 5.32 Å². The SMILES string of the molecule is Clc1cc(-c2ccccc2)nc(NC2CCCC2)n1. The molecule has 1 aromatic carbocycles. The van der Waals surface area contributed by atoms with E-state index in [0.29, 0.717) is 17.1 Å². The van der Waals surface area contributed by atoms with Gasteiger partial charge in [-0.25, -0.2) is 9.97 Å². The molecular weight excluding hydrogens is 258 g/mol. The molecule has 1 aromatic heterocycles. The predicted molar refractivity (Wildman–Crippen MR) is 78.4 cm³/mol. The van der Waals surface area contributed by atoms with Crippen LogP contribution in [0.5, 0.6) is 0 Å². The maximum Gasteiger partial charge on any atom is 0.224 e. The summed E-state index contributed by atoms with van der Waals surface area (Å²) in [4.78, 5) is 8.83. The molecule has 1 N–H and O–H groups in total. The molecule has 0 unspecified atom stereocenters. The summed E-state index contributed by atoms with van der Waals surface area (Å²) in [5, 5.41) is 3.87. The molecule has 1 aliphatic rings. The van der Waals surface area contributed by atoms with Gasteiger partial charge in [0.1, 0.15) is 5.15 Å². The van der Waals surface area contributed by atoms with Gasteiger partial charge in [-0.3, -0.25) is 0 Å². The van der Waals surface area contributed by atoms with Gasteiger partial charge in [-0.05, 0) is 12.8 Å². The van der Waals surface area contributed by atoms with Crippen molar-refractivity contribution >= 4 is 17.5 Å². The van der Waals surface area contributed by atoms with Crippen LogP contribution in [-0.2, 0) is 0 Å². The molecule has 1 saturated carbocycles. The summed E-state index contributed by atoms with van der Waals surface area (Å²) in [6.45, 7) is 0. The first kappa shape index (κ1) is 12.4. The Morgan fingerprint density at radius 2 is 1.79 bits per heavy atom. The van der Waals surface area contributed by atoms with Gasteiger partial charge in [0.25, 0.3) is 0 Å². The Hall–Kier alpha value is -1.61. The standard InChI is InChI=1S/C15H16ClN3/c16-14-10-13(11-6-2-1-3-7-11)18-15(19-14)17-12-8-4-5-9-12/h1-3,6-7,10,12H,4-5,8-9H2,(H,17,18,19). The Morgan fingerprint density at radius 3 is 2.53 bits per heavy atom. The third-order valence-corrected chi connectivity index (χ3v) is 3.65. The Bertz CT molecular complexity index is 551. The first-order valence-electron chi connectivity index (χ1n) is 6.68. The van der Waals surface area contributed by atoms with Gasteiger partial charge >= 0.3 is 0 Å². The molecule has 1 heterocycles. The van der Waals surface area contributed by atoms with Gasteiger partial charge in [0.05, 0.1) is 5.69 Å². The third kappa shape index (κ3) is 3.04. The number of anilines is 1. The van der Waals surface area contributed by atoms with Crippen molar-refractivity contribution in [1.82, 2.24) is 9.97 Å². The molecule has 4 heteroatoms. The van der Waals surface area contributed by atoms with E-state index in [9.17, 15) is 0 Å². The van der Waals surface area contributed by atoms with E-state index >= 15 is 0 Å². The quantitative estimate of drug-likeness (QED) is 0.854. The van der Waals surface area contributed by atoms with E-state index in [0.717, 1.165) is 11.3 Å². The fourth-order valence-electron chi connectivity index (χ4n) is 2.49. The molecule has 3 nitrogen and oxygen atoms in total. The molecule has 1 fully saturated rings. The first-order chi connectivity index (χ1) is 9.31. The molecule has 2 aromatic rings. The van der Waals surface area contributed by atoms with Gasteiger partial charge in [0.2, 0.25) is 5.95 Å². The first-order valence-corrected chi connectivity index (χ1v) is 7.05. The van der Waals surface area contributed by atoms with E-state index in [2.05, 4.69) is 15.3 Å². The molecule has 19 heavy (non-hydrogen) atoms. The maximum absolute atomic E-state index is 6.09. The zero-order valence-corrected chi connectivity index (χ0v) is 11.4. The van der Waals surface area contributed by atoms with E-state index in [-0.39, 0.29) is 0 Å². The molecule has 0 bridgehead atoms. The highest BCUT2D eigenvalue weighted by Crippen LogP contribution is 2.24. The van der Waals surface area contributed by atoms with Crippen LogP contribution in [0.1, 0.15) is 25.7 Å². The van der Waals surface area contributed by atoms with Crippen molar-refractivity contribution in [2.24, 2.45) is 0 Å². The van der Waals surface area contributed by atoms with Crippen molar-refractivity contribution < 1.29 is 0 Å². The molecule has 0 radical (unpaired) electrons. The smallest absolute Gasteiger partial charge is 0.224 e. The lowest BCUT2D eigenvalue weighted by atomic mass is 10.1. The molecule has 0 saturated heterocycles. The zero-order chi connectivity index (χ0) is 13.1. The van der Waals surface area contributed by atoms with Crippen LogP contribution in [0, 0.1) is 0 Å². The number of rotatable bonds is 3. The minimum absolute atomic E-state index is 0.481. The Balaban J connectivity index is 1.87. The number of hydrogen-bond donors (Lipinski definition) is 1. The van der Waals surface area contributed by atoms with Crippen molar-refractivity contribution in [2.45, 2.75) is 31.7 Å². The monoisotopic (exact) mass is 273 g/mol. The number of aromatic nitrogens is 2. The van der Waals surface area contributed by atoms with Crippen molar-refractivity contribution in [1.29, 1.82) is 0 Å². The Labute approximate surface area is 118 Å². The predicted octanol–water partition coefficient (Wildman–Crippen LogP) is 4.15. The molecule has 98 valence electrons. The minimum Gasteiger partial charge on any atom is -0.351 e. The van der Waals surface area contributed by atoms with E-state index in [1.54, 1.807) is 6.07 Å². The summed E-state index contributed by atoms with van der Waals surface area (Å²) in [6, 6.07) is 12.3. The second kappa shape index (κ2) is 5.57. The van der Waals surface area contributed by atoms with E-state index in [1.807, 2.05) is 30.3 Å². The lowest BCUT2D eigenvalue weighted by Crippen LogP contribution is -2.16. The van der Waals surface area contributed by atoms with Crippen LogP contribution in [0.4, 0.5) is 5.95 Å². The second-order valence-electron chi connectivity index (χ2n) is 4.89. The summed E-state index contributed by atoms with van der Waals surface area (Å²) >= 11 is 6.09. The number of benzene rings is 1. The van der Waals surface area contributed by atoms with Crippen molar-refractivity contribution in [3.63, 3.8) is 0 Å². The van der Waals surface area contributed by atoms with E-state index in [4.69, 9.17) is 11.6 Å². The summed E-state index contributed by atoms with van der Waals surface area (Å²) < 4.78 is 0. The van der Waals surface area contributed by atoms with Crippen molar-refractivity contribution in [2.75, 3.05) is 5.32 Å². The van der Waals surface area contributed by atoms with Gasteiger partial charge in [0, 0.05) is 17.7 Å². The summed E-state index contributed by atoms with van der Waals surface area (Å²) in [5.41, 5.74) is 1.92. The maximum atomic E-state index is 6.09. The lowest BCUT2D eigenvalue weighted by molar-refractivity contribution is 0.744. The molecule has 0 aliphatic heterocycles. The highest BCUT2D eigenvalue weighted by Gasteiger charge is 2.16. The Morgan fingerprint density at radius 1 is 1.05 bits per heavy atom. The van der Waals surface area contributed by atoms with E-state index < -0.39 is 0 Å². The summed E-state index contributed by atoms with van der Waals surface area (Å²) in [5.74, 6) is 0.637. The lowest BCUT2D eigenvalue weighted by Gasteiger charge is -2.12. The fraction of sp³-hybridized carbons (Fsp3) is 0.333. The molecule has 0 spiro atoms. The zero-order valence-electron chi connectivity index (χ0n) is 10.6. The van der Waals surface area contributed by atoms with Crippen LogP contribution in [0.2, 0.25) is 5.15 Å². The van der Waals surface area contributed by atoms with Crippen LogP contribution in [0.15, 0.2) is 36.4 Å². The largest absolute Gasteiger partial charge is 0.351 e. The molecule has 3 rings (SSSR count). The fourth-order valence-corrected chi connectivity index (χ4v) is 2.68. The normalized spacial score (nSPS) is 15.6. The number of halogens is 1. The number of nitrogens with zero attached hydrogens (tertiary/aromatic N) is 2. The minimum atomic E-state index is 0.481. The number of hydrogen-bond acceptors (Lipinski definition) is 3. The van der Waals surface area contributed by atoms with Gasteiger partial charge in [-0.15, -0.1) is 0 Å². The highest BCUT2D eigenvalue weighted by molar-refractivity contribution is 6.29. The van der Waals surface area contributed by atoms with Crippen LogP contribution >= 0.6 is 11.6 Å². The number of nitrogens with one attached hydrogen (secondary N) is 1. The molecular formula is C15H16ClN3. The average Bonchev–Trinajstić information content (AvgIpc) is 2.92. The topological polar surface area (TPSA) is 37.8 Å². The van der Waals surface area contributed by atoms with Crippen LogP contribution in [0.25, 0.3) is 11.3 Å².